The maximum Gasteiger partial charge on any atom is 0.0910 e. The molecule has 2 rings (SSSR count). The van der Waals surface area contributed by atoms with Crippen molar-refractivity contribution in [2.24, 2.45) is 4.99 Å². The Balaban J connectivity index is 2.29. The second kappa shape index (κ2) is 7.71. The summed E-state index contributed by atoms with van der Waals surface area (Å²) in [6, 6.07) is 9.83. The maximum atomic E-state index is 6.38. The molecule has 0 saturated heterocycles. The zero-order valence-electron chi connectivity index (χ0n) is 13.8. The van der Waals surface area contributed by atoms with Gasteiger partial charge in [0.05, 0.1) is 27.8 Å². The van der Waals surface area contributed by atoms with Crippen molar-refractivity contribution < 1.29 is 0 Å². The normalized spacial score (nSPS) is 11.0. The Morgan fingerprint density at radius 1 is 1.09 bits per heavy atom. The van der Waals surface area contributed by atoms with Gasteiger partial charge in [-0.3, -0.25) is 0 Å². The highest BCUT2D eigenvalue weighted by molar-refractivity contribution is 6.37. The van der Waals surface area contributed by atoms with Crippen LogP contribution >= 0.6 is 23.2 Å². The van der Waals surface area contributed by atoms with Crippen molar-refractivity contribution in [3.8, 4) is 0 Å². The predicted molar refractivity (Wildman–Crippen MR) is 102 cm³/mol. The van der Waals surface area contributed by atoms with Gasteiger partial charge in [0.25, 0.3) is 0 Å². The van der Waals surface area contributed by atoms with Gasteiger partial charge >= 0.3 is 0 Å². The minimum Gasteiger partial charge on any atom is -0.366 e. The Morgan fingerprint density at radius 3 is 2.52 bits per heavy atom. The molecule has 5 heteroatoms. The second-order valence-electron chi connectivity index (χ2n) is 5.54. The van der Waals surface area contributed by atoms with E-state index in [-0.39, 0.29) is 0 Å². The molecule has 0 bridgehead atoms. The molecule has 0 aliphatic heterocycles. The van der Waals surface area contributed by atoms with E-state index in [1.807, 2.05) is 18.0 Å². The molecule has 2 aromatic rings. The number of nitrogens with one attached hydrogen (secondary N) is 1. The summed E-state index contributed by atoms with van der Waals surface area (Å²) in [5.41, 5.74) is 4.78. The summed E-state index contributed by atoms with van der Waals surface area (Å²) in [7, 11) is 1.95. The number of hydrogen-bond donors (Lipinski definition) is 1. The third-order valence-corrected chi connectivity index (χ3v) is 4.21. The molecule has 0 aliphatic rings. The fourth-order valence-corrected chi connectivity index (χ4v) is 2.41. The summed E-state index contributed by atoms with van der Waals surface area (Å²) >= 11 is 12.7. The van der Waals surface area contributed by atoms with Crippen molar-refractivity contribution in [1.82, 2.24) is 4.90 Å². The van der Waals surface area contributed by atoms with Gasteiger partial charge in [-0.1, -0.05) is 35.3 Å². The number of anilines is 2. The van der Waals surface area contributed by atoms with Crippen LogP contribution in [0.5, 0.6) is 0 Å². The Hall–Kier alpha value is -1.71. The maximum absolute atomic E-state index is 6.38. The lowest BCUT2D eigenvalue weighted by Gasteiger charge is -2.14. The molecule has 0 radical (unpaired) electrons. The minimum absolute atomic E-state index is 0.558. The van der Waals surface area contributed by atoms with Crippen molar-refractivity contribution >= 4 is 46.6 Å². The molecule has 122 valence electrons. The second-order valence-corrected chi connectivity index (χ2v) is 6.36. The first-order valence-electron chi connectivity index (χ1n) is 7.48. The van der Waals surface area contributed by atoms with Gasteiger partial charge in [0, 0.05) is 19.3 Å². The highest BCUT2D eigenvalue weighted by Gasteiger charge is 2.08. The van der Waals surface area contributed by atoms with Crippen molar-refractivity contribution in [3.05, 3.63) is 51.5 Å². The highest BCUT2D eigenvalue weighted by Crippen LogP contribution is 2.36. The van der Waals surface area contributed by atoms with E-state index in [0.717, 1.165) is 23.5 Å². The summed E-state index contributed by atoms with van der Waals surface area (Å²) in [5, 5.41) is 4.49. The molecule has 0 amide bonds. The molecular formula is C18H21Cl2N3. The predicted octanol–water partition coefficient (Wildman–Crippen LogP) is 5.97. The van der Waals surface area contributed by atoms with E-state index in [4.69, 9.17) is 23.2 Å². The molecule has 0 aliphatic carbocycles. The van der Waals surface area contributed by atoms with Gasteiger partial charge in [-0.25, -0.2) is 4.99 Å². The average molecular weight is 350 g/mol. The fourth-order valence-electron chi connectivity index (χ4n) is 1.99. The molecule has 0 fully saturated rings. The van der Waals surface area contributed by atoms with E-state index < -0.39 is 0 Å². The van der Waals surface area contributed by atoms with Crippen molar-refractivity contribution in [3.63, 3.8) is 0 Å². The number of rotatable bonds is 5. The number of aryl methyl sites for hydroxylation is 2. The molecule has 3 nitrogen and oxygen atoms in total. The van der Waals surface area contributed by atoms with E-state index >= 15 is 0 Å². The van der Waals surface area contributed by atoms with Crippen LogP contribution in [0.2, 0.25) is 10.0 Å². The molecule has 0 spiro atoms. The Morgan fingerprint density at radius 2 is 1.83 bits per heavy atom. The Kier molecular flexibility index (Phi) is 5.91. The molecule has 23 heavy (non-hydrogen) atoms. The van der Waals surface area contributed by atoms with E-state index in [2.05, 4.69) is 49.3 Å². The third-order valence-electron chi connectivity index (χ3n) is 3.59. The van der Waals surface area contributed by atoms with Crippen LogP contribution in [0.4, 0.5) is 17.1 Å². The Labute approximate surface area is 147 Å². The molecule has 0 unspecified atom stereocenters. The number of hydrogen-bond acceptors (Lipinski definition) is 2. The highest BCUT2D eigenvalue weighted by atomic mass is 35.5. The summed E-state index contributed by atoms with van der Waals surface area (Å²) in [6.07, 6.45) is 1.75. The van der Waals surface area contributed by atoms with E-state index in [1.54, 1.807) is 12.4 Å². The van der Waals surface area contributed by atoms with Gasteiger partial charge in [-0.15, -0.1) is 0 Å². The lowest BCUT2D eigenvalue weighted by molar-refractivity contribution is 0.552. The molecule has 0 heterocycles. The molecule has 2 aromatic carbocycles. The Bertz CT molecular complexity index is 726. The smallest absolute Gasteiger partial charge is 0.0910 e. The average Bonchev–Trinajstić information content (AvgIpc) is 2.52. The number of halogens is 2. The van der Waals surface area contributed by atoms with Crippen molar-refractivity contribution in [1.29, 1.82) is 0 Å². The topological polar surface area (TPSA) is 27.6 Å². The van der Waals surface area contributed by atoms with Crippen LogP contribution in [0.1, 0.15) is 18.1 Å². The molecule has 0 saturated carbocycles. The third kappa shape index (κ3) is 4.63. The van der Waals surface area contributed by atoms with Gasteiger partial charge in [0.15, 0.2) is 0 Å². The quantitative estimate of drug-likeness (QED) is 0.532. The first kappa shape index (κ1) is 17.6. The van der Waals surface area contributed by atoms with Gasteiger partial charge in [-0.05, 0) is 50.1 Å². The fraction of sp³-hybridized carbons (Fsp3) is 0.278. The van der Waals surface area contributed by atoms with Crippen molar-refractivity contribution in [2.75, 3.05) is 18.9 Å². The van der Waals surface area contributed by atoms with E-state index in [0.29, 0.717) is 15.7 Å². The standard InChI is InChI=1S/C18H21Cl2N3/c1-5-23(4)11-21-17-9-15(20)18(10-14(17)19)22-16-8-12(2)6-7-13(16)3/h6-11,22H,5H2,1-4H3/b21-11-. The first-order chi connectivity index (χ1) is 10.9. The van der Waals surface area contributed by atoms with Crippen LogP contribution < -0.4 is 5.32 Å². The van der Waals surface area contributed by atoms with Gasteiger partial charge in [0.1, 0.15) is 0 Å². The number of aliphatic imine (C=N–C) groups is 1. The summed E-state index contributed by atoms with van der Waals surface area (Å²) in [6.45, 7) is 7.04. The van der Waals surface area contributed by atoms with Crippen LogP contribution in [0.25, 0.3) is 0 Å². The lowest BCUT2D eigenvalue weighted by atomic mass is 10.1. The van der Waals surface area contributed by atoms with Gasteiger partial charge in [0.2, 0.25) is 0 Å². The van der Waals surface area contributed by atoms with E-state index in [1.165, 1.54) is 5.56 Å². The zero-order valence-corrected chi connectivity index (χ0v) is 15.3. The monoisotopic (exact) mass is 349 g/mol. The number of nitrogens with zero attached hydrogens (tertiary/aromatic N) is 2. The SMILES string of the molecule is CCN(C)/C=N\c1cc(Cl)c(Nc2cc(C)ccc2C)cc1Cl. The first-order valence-corrected chi connectivity index (χ1v) is 8.24. The van der Waals surface area contributed by atoms with Crippen LogP contribution in [0.15, 0.2) is 35.3 Å². The summed E-state index contributed by atoms with van der Waals surface area (Å²) in [5.74, 6) is 0. The van der Waals surface area contributed by atoms with E-state index in [9.17, 15) is 0 Å². The molecular weight excluding hydrogens is 329 g/mol. The summed E-state index contributed by atoms with van der Waals surface area (Å²) in [4.78, 5) is 6.34. The minimum atomic E-state index is 0.558. The largest absolute Gasteiger partial charge is 0.366 e. The van der Waals surface area contributed by atoms with Crippen LogP contribution in [0, 0.1) is 13.8 Å². The lowest BCUT2D eigenvalue weighted by Crippen LogP contribution is -2.14. The van der Waals surface area contributed by atoms with Crippen LogP contribution in [0.3, 0.4) is 0 Å². The zero-order chi connectivity index (χ0) is 17.0. The summed E-state index contributed by atoms with van der Waals surface area (Å²) < 4.78 is 0. The molecule has 0 atom stereocenters. The number of benzene rings is 2. The van der Waals surface area contributed by atoms with Crippen LogP contribution in [-0.4, -0.2) is 24.8 Å². The van der Waals surface area contributed by atoms with Gasteiger partial charge < -0.3 is 10.2 Å². The van der Waals surface area contributed by atoms with Gasteiger partial charge in [-0.2, -0.15) is 0 Å². The van der Waals surface area contributed by atoms with Crippen LogP contribution in [-0.2, 0) is 0 Å². The molecule has 1 N–H and O–H groups in total. The van der Waals surface area contributed by atoms with Crippen molar-refractivity contribution in [2.45, 2.75) is 20.8 Å². The molecule has 0 aromatic heterocycles.